The zero-order valence-corrected chi connectivity index (χ0v) is 18.2. The van der Waals surface area contributed by atoms with E-state index in [0.717, 1.165) is 35.9 Å². The van der Waals surface area contributed by atoms with Gasteiger partial charge in [0.25, 0.3) is 0 Å². The first kappa shape index (κ1) is 20.9. The molecule has 2 aliphatic rings. The molecule has 5 rings (SSSR count). The third-order valence-corrected chi connectivity index (χ3v) is 6.71. The highest BCUT2D eigenvalue weighted by atomic mass is 16.5. The number of benzene rings is 2. The van der Waals surface area contributed by atoms with Gasteiger partial charge in [-0.25, -0.2) is 0 Å². The summed E-state index contributed by atoms with van der Waals surface area (Å²) in [4.78, 5) is 34.5. The lowest BCUT2D eigenvalue weighted by molar-refractivity contribution is -0.141. The largest absolute Gasteiger partial charge is 0.378 e. The molecule has 2 atom stereocenters. The second kappa shape index (κ2) is 9.27. The predicted molar refractivity (Wildman–Crippen MR) is 124 cm³/mol. The average Bonchev–Trinajstić information content (AvgIpc) is 3.29. The van der Waals surface area contributed by atoms with Crippen molar-refractivity contribution in [2.75, 3.05) is 39.4 Å². The molecule has 2 aliphatic heterocycles. The van der Waals surface area contributed by atoms with Crippen molar-refractivity contribution >= 4 is 22.6 Å². The van der Waals surface area contributed by atoms with Gasteiger partial charge in [0.15, 0.2) is 5.78 Å². The van der Waals surface area contributed by atoms with Crippen LogP contribution in [0.15, 0.2) is 60.8 Å². The molecule has 0 bridgehead atoms. The summed E-state index contributed by atoms with van der Waals surface area (Å²) in [6.07, 6.45) is 3.60. The lowest BCUT2D eigenvalue weighted by Crippen LogP contribution is -2.49. The Morgan fingerprint density at radius 3 is 2.53 bits per heavy atom. The minimum absolute atomic E-state index is 0.0770. The van der Waals surface area contributed by atoms with Gasteiger partial charge in [-0.3, -0.25) is 14.5 Å². The Bertz CT molecular complexity index is 1090. The SMILES string of the molecule is O=C(c1c[nH]c2ccccc12)[C@@H](c1ccccc1)N1CCC[C@H](C(=O)N2CCOCC2)C1. The maximum Gasteiger partial charge on any atom is 0.227 e. The fraction of sp³-hybridized carbons (Fsp3) is 0.385. The van der Waals surface area contributed by atoms with E-state index in [-0.39, 0.29) is 17.6 Å². The fourth-order valence-electron chi connectivity index (χ4n) is 5.07. The summed E-state index contributed by atoms with van der Waals surface area (Å²) in [5, 5.41) is 0.941. The molecule has 0 aliphatic carbocycles. The summed E-state index contributed by atoms with van der Waals surface area (Å²) >= 11 is 0. The van der Waals surface area contributed by atoms with Crippen LogP contribution in [0.1, 0.15) is 34.8 Å². The van der Waals surface area contributed by atoms with E-state index in [1.807, 2.05) is 65.7 Å². The number of morpholine rings is 1. The molecule has 1 N–H and O–H groups in total. The maximum atomic E-state index is 13.9. The number of Topliss-reactive ketones (excluding diaryl/α,β-unsaturated/α-hetero) is 1. The zero-order chi connectivity index (χ0) is 21.9. The number of aromatic amines is 1. The molecule has 166 valence electrons. The van der Waals surface area contributed by atoms with Gasteiger partial charge in [0.2, 0.25) is 5.91 Å². The summed E-state index contributed by atoms with van der Waals surface area (Å²) < 4.78 is 5.41. The lowest BCUT2D eigenvalue weighted by atomic mass is 9.90. The van der Waals surface area contributed by atoms with E-state index in [1.165, 1.54) is 0 Å². The number of rotatable bonds is 5. The Balaban J connectivity index is 1.44. The molecule has 3 aromatic rings. The van der Waals surface area contributed by atoms with Gasteiger partial charge in [-0.15, -0.1) is 0 Å². The molecule has 0 radical (unpaired) electrons. The normalized spacial score (nSPS) is 20.9. The van der Waals surface area contributed by atoms with Crippen LogP contribution in [-0.4, -0.2) is 65.9 Å². The number of ketones is 1. The van der Waals surface area contributed by atoms with Crippen LogP contribution >= 0.6 is 0 Å². The van der Waals surface area contributed by atoms with Gasteiger partial charge >= 0.3 is 0 Å². The average molecular weight is 432 g/mol. The number of hydrogen-bond donors (Lipinski definition) is 1. The van der Waals surface area contributed by atoms with Crippen LogP contribution in [0.2, 0.25) is 0 Å². The highest BCUT2D eigenvalue weighted by molar-refractivity contribution is 6.10. The molecule has 32 heavy (non-hydrogen) atoms. The topological polar surface area (TPSA) is 65.6 Å². The fourth-order valence-corrected chi connectivity index (χ4v) is 5.07. The molecule has 3 heterocycles. The van der Waals surface area contributed by atoms with Crippen LogP contribution in [0, 0.1) is 5.92 Å². The van der Waals surface area contributed by atoms with Crippen LogP contribution in [0.4, 0.5) is 0 Å². The van der Waals surface area contributed by atoms with Crippen LogP contribution in [-0.2, 0) is 9.53 Å². The van der Waals surface area contributed by atoms with E-state index in [2.05, 4.69) is 9.88 Å². The second-order valence-electron chi connectivity index (χ2n) is 8.70. The van der Waals surface area contributed by atoms with Crippen LogP contribution in [0.3, 0.4) is 0 Å². The number of H-pyrrole nitrogens is 1. The molecule has 6 heteroatoms. The Morgan fingerprint density at radius 1 is 0.969 bits per heavy atom. The number of amides is 1. The summed E-state index contributed by atoms with van der Waals surface area (Å²) in [7, 11) is 0. The minimum atomic E-state index is -0.407. The zero-order valence-electron chi connectivity index (χ0n) is 18.2. The molecular formula is C26H29N3O3. The number of para-hydroxylation sites is 1. The molecule has 1 aromatic heterocycles. The van der Waals surface area contributed by atoms with Gasteiger partial charge in [0.05, 0.1) is 25.2 Å². The van der Waals surface area contributed by atoms with Crippen LogP contribution in [0.5, 0.6) is 0 Å². The Morgan fingerprint density at radius 2 is 1.72 bits per heavy atom. The first-order valence-electron chi connectivity index (χ1n) is 11.5. The summed E-state index contributed by atoms with van der Waals surface area (Å²) in [5.41, 5.74) is 2.64. The molecule has 0 spiro atoms. The number of hydrogen-bond acceptors (Lipinski definition) is 4. The quantitative estimate of drug-likeness (QED) is 0.626. The number of fused-ring (bicyclic) bond motifs is 1. The van der Waals surface area contributed by atoms with Crippen molar-refractivity contribution in [3.63, 3.8) is 0 Å². The van der Waals surface area contributed by atoms with Crippen molar-refractivity contribution < 1.29 is 14.3 Å². The number of likely N-dealkylation sites (tertiary alicyclic amines) is 1. The Hall–Kier alpha value is -2.96. The van der Waals surface area contributed by atoms with E-state index in [4.69, 9.17) is 4.74 Å². The van der Waals surface area contributed by atoms with Gasteiger partial charge in [-0.1, -0.05) is 48.5 Å². The van der Waals surface area contributed by atoms with E-state index in [9.17, 15) is 9.59 Å². The number of carbonyl (C=O) groups is 2. The number of nitrogens with one attached hydrogen (secondary N) is 1. The van der Waals surface area contributed by atoms with Crippen molar-refractivity contribution in [3.8, 4) is 0 Å². The lowest BCUT2D eigenvalue weighted by Gasteiger charge is -2.39. The number of ether oxygens (including phenoxy) is 1. The van der Waals surface area contributed by atoms with Gasteiger partial charge in [0, 0.05) is 42.3 Å². The first-order chi connectivity index (χ1) is 15.7. The minimum Gasteiger partial charge on any atom is -0.378 e. The molecule has 6 nitrogen and oxygen atoms in total. The Labute approximate surface area is 188 Å². The van der Waals surface area contributed by atoms with Gasteiger partial charge in [0.1, 0.15) is 0 Å². The van der Waals surface area contributed by atoms with Crippen LogP contribution < -0.4 is 0 Å². The first-order valence-corrected chi connectivity index (χ1v) is 11.5. The molecular weight excluding hydrogens is 402 g/mol. The van der Waals surface area contributed by atoms with Crippen molar-refractivity contribution in [1.82, 2.24) is 14.8 Å². The van der Waals surface area contributed by atoms with Crippen molar-refractivity contribution in [2.24, 2.45) is 5.92 Å². The van der Waals surface area contributed by atoms with E-state index in [1.54, 1.807) is 0 Å². The van der Waals surface area contributed by atoms with Crippen molar-refractivity contribution in [1.29, 1.82) is 0 Å². The Kier molecular flexibility index (Phi) is 6.06. The van der Waals surface area contributed by atoms with Crippen LogP contribution in [0.25, 0.3) is 10.9 Å². The van der Waals surface area contributed by atoms with Crippen molar-refractivity contribution in [3.05, 3.63) is 71.9 Å². The molecule has 1 amide bonds. The molecule has 2 aromatic carbocycles. The van der Waals surface area contributed by atoms with E-state index >= 15 is 0 Å². The van der Waals surface area contributed by atoms with Gasteiger partial charge in [-0.05, 0) is 31.0 Å². The third kappa shape index (κ3) is 4.08. The maximum absolute atomic E-state index is 13.9. The third-order valence-electron chi connectivity index (χ3n) is 6.71. The number of piperidine rings is 1. The number of nitrogens with zero attached hydrogens (tertiary/aromatic N) is 2. The smallest absolute Gasteiger partial charge is 0.227 e. The molecule has 0 unspecified atom stereocenters. The number of carbonyl (C=O) groups excluding carboxylic acids is 2. The van der Waals surface area contributed by atoms with Gasteiger partial charge in [-0.2, -0.15) is 0 Å². The monoisotopic (exact) mass is 431 g/mol. The standard InChI is InChI=1S/C26H29N3O3/c30-25(22-17-27-23-11-5-4-10-21(22)23)24(19-7-2-1-3-8-19)29-12-6-9-20(18-29)26(31)28-13-15-32-16-14-28/h1-5,7-8,10-11,17,20,24,27H,6,9,12-16,18H2/t20-,24+/m0/s1. The highest BCUT2D eigenvalue weighted by Gasteiger charge is 2.36. The molecule has 0 saturated carbocycles. The summed E-state index contributed by atoms with van der Waals surface area (Å²) in [6.45, 7) is 3.93. The second-order valence-corrected chi connectivity index (χ2v) is 8.70. The number of aromatic nitrogens is 1. The summed E-state index contributed by atoms with van der Waals surface area (Å²) in [5.74, 6) is 0.196. The predicted octanol–water partition coefficient (Wildman–Crippen LogP) is 3.66. The van der Waals surface area contributed by atoms with E-state index < -0.39 is 6.04 Å². The molecule has 2 saturated heterocycles. The molecule has 2 fully saturated rings. The van der Waals surface area contributed by atoms with E-state index in [0.29, 0.717) is 38.4 Å². The highest BCUT2D eigenvalue weighted by Crippen LogP contribution is 2.32. The van der Waals surface area contributed by atoms with Gasteiger partial charge < -0.3 is 14.6 Å². The van der Waals surface area contributed by atoms with Crippen molar-refractivity contribution in [2.45, 2.75) is 18.9 Å². The summed E-state index contributed by atoms with van der Waals surface area (Å²) in [6, 6.07) is 17.5.